The van der Waals surface area contributed by atoms with Crippen molar-refractivity contribution in [2.45, 2.75) is 12.8 Å². The largest absolute Gasteiger partial charge is 0.415 e. The standard InChI is InChI=1S/C20H21FN2O3/c21-17-8-6-16(7-9-17)19(24)22-14-15-10-12-23(13-11-15)20(25)26-18-4-2-1-3-5-18/h1-9,15H,10-14H2,(H,22,24). The molecule has 0 unspecified atom stereocenters. The van der Waals surface area contributed by atoms with Gasteiger partial charge in [-0.2, -0.15) is 0 Å². The van der Waals surface area contributed by atoms with Crippen LogP contribution in [0.1, 0.15) is 23.2 Å². The zero-order chi connectivity index (χ0) is 18.4. The number of carbonyl (C=O) groups excluding carboxylic acids is 2. The number of hydrogen-bond acceptors (Lipinski definition) is 3. The van der Waals surface area contributed by atoms with Crippen LogP contribution >= 0.6 is 0 Å². The molecule has 0 spiro atoms. The Morgan fingerprint density at radius 1 is 1.04 bits per heavy atom. The van der Waals surface area contributed by atoms with Gasteiger partial charge in [-0.15, -0.1) is 0 Å². The first-order valence-electron chi connectivity index (χ1n) is 8.67. The second-order valence-corrected chi connectivity index (χ2v) is 6.33. The van der Waals surface area contributed by atoms with Crippen LogP contribution in [0.2, 0.25) is 0 Å². The number of benzene rings is 2. The van der Waals surface area contributed by atoms with Crippen LogP contribution in [0.3, 0.4) is 0 Å². The fourth-order valence-corrected chi connectivity index (χ4v) is 2.91. The molecular weight excluding hydrogens is 335 g/mol. The minimum absolute atomic E-state index is 0.212. The quantitative estimate of drug-likeness (QED) is 0.913. The van der Waals surface area contributed by atoms with Gasteiger partial charge >= 0.3 is 6.09 Å². The first-order valence-corrected chi connectivity index (χ1v) is 8.67. The molecule has 26 heavy (non-hydrogen) atoms. The van der Waals surface area contributed by atoms with E-state index in [1.54, 1.807) is 17.0 Å². The van der Waals surface area contributed by atoms with Crippen LogP contribution in [0.5, 0.6) is 5.75 Å². The Balaban J connectivity index is 1.41. The number of halogens is 1. The molecule has 3 rings (SSSR count). The van der Waals surface area contributed by atoms with E-state index >= 15 is 0 Å². The molecule has 2 amide bonds. The second-order valence-electron chi connectivity index (χ2n) is 6.33. The van der Waals surface area contributed by atoms with Crippen molar-refractivity contribution in [3.05, 3.63) is 66.0 Å². The van der Waals surface area contributed by atoms with E-state index in [9.17, 15) is 14.0 Å². The molecular formula is C20H21FN2O3. The minimum atomic E-state index is -0.365. The van der Waals surface area contributed by atoms with Crippen LogP contribution in [0.25, 0.3) is 0 Å². The predicted octanol–water partition coefficient (Wildman–Crippen LogP) is 3.47. The van der Waals surface area contributed by atoms with E-state index < -0.39 is 0 Å². The lowest BCUT2D eigenvalue weighted by atomic mass is 9.97. The van der Waals surface area contributed by atoms with Gasteiger partial charge in [-0.05, 0) is 55.2 Å². The number of nitrogens with one attached hydrogen (secondary N) is 1. The Kier molecular flexibility index (Phi) is 5.84. The molecule has 1 aliphatic rings. The van der Waals surface area contributed by atoms with Crippen molar-refractivity contribution in [2.24, 2.45) is 5.92 Å². The third-order valence-corrected chi connectivity index (χ3v) is 4.48. The maximum atomic E-state index is 12.9. The van der Waals surface area contributed by atoms with E-state index in [1.807, 2.05) is 18.2 Å². The summed E-state index contributed by atoms with van der Waals surface area (Å²) in [5.41, 5.74) is 0.440. The highest BCUT2D eigenvalue weighted by molar-refractivity contribution is 5.94. The van der Waals surface area contributed by atoms with Crippen LogP contribution in [-0.4, -0.2) is 36.5 Å². The van der Waals surface area contributed by atoms with Crippen molar-refractivity contribution in [3.63, 3.8) is 0 Å². The zero-order valence-corrected chi connectivity index (χ0v) is 14.4. The van der Waals surface area contributed by atoms with Gasteiger partial charge in [0, 0.05) is 25.2 Å². The minimum Gasteiger partial charge on any atom is -0.410 e. The number of likely N-dealkylation sites (tertiary alicyclic amines) is 1. The summed E-state index contributed by atoms with van der Waals surface area (Å²) in [4.78, 5) is 25.9. The molecule has 0 radical (unpaired) electrons. The van der Waals surface area contributed by atoms with Gasteiger partial charge < -0.3 is 15.0 Å². The Morgan fingerprint density at radius 2 is 1.69 bits per heavy atom. The molecule has 0 saturated carbocycles. The number of nitrogens with zero attached hydrogens (tertiary/aromatic N) is 1. The van der Waals surface area contributed by atoms with E-state index in [0.29, 0.717) is 36.9 Å². The Labute approximate surface area is 151 Å². The fourth-order valence-electron chi connectivity index (χ4n) is 2.91. The van der Waals surface area contributed by atoms with Crippen molar-refractivity contribution in [2.75, 3.05) is 19.6 Å². The molecule has 1 saturated heterocycles. The molecule has 1 N–H and O–H groups in total. The molecule has 2 aromatic rings. The average Bonchev–Trinajstić information content (AvgIpc) is 2.68. The van der Waals surface area contributed by atoms with Gasteiger partial charge in [-0.1, -0.05) is 18.2 Å². The molecule has 0 aromatic heterocycles. The summed E-state index contributed by atoms with van der Waals surface area (Å²) >= 11 is 0. The summed E-state index contributed by atoms with van der Waals surface area (Å²) in [5, 5.41) is 2.88. The summed E-state index contributed by atoms with van der Waals surface area (Å²) < 4.78 is 18.2. The van der Waals surface area contributed by atoms with E-state index in [2.05, 4.69) is 5.32 Å². The van der Waals surface area contributed by atoms with Gasteiger partial charge in [0.1, 0.15) is 11.6 Å². The van der Waals surface area contributed by atoms with Crippen molar-refractivity contribution in [3.8, 4) is 5.75 Å². The van der Waals surface area contributed by atoms with Gasteiger partial charge in [0.05, 0.1) is 0 Å². The Hall–Kier alpha value is -2.89. The van der Waals surface area contributed by atoms with Crippen LogP contribution in [0, 0.1) is 11.7 Å². The van der Waals surface area contributed by atoms with Crippen molar-refractivity contribution < 1.29 is 18.7 Å². The Bertz CT molecular complexity index is 741. The number of piperidine rings is 1. The maximum Gasteiger partial charge on any atom is 0.415 e. The summed E-state index contributed by atoms with van der Waals surface area (Å²) in [6.07, 6.45) is 1.26. The number of rotatable bonds is 4. The molecule has 0 bridgehead atoms. The number of para-hydroxylation sites is 1. The topological polar surface area (TPSA) is 58.6 Å². The van der Waals surface area contributed by atoms with Crippen molar-refractivity contribution in [1.29, 1.82) is 0 Å². The molecule has 0 atom stereocenters. The summed E-state index contributed by atoms with van der Waals surface area (Å²) in [7, 11) is 0. The number of ether oxygens (including phenoxy) is 1. The number of hydrogen-bond donors (Lipinski definition) is 1. The molecule has 1 aliphatic heterocycles. The van der Waals surface area contributed by atoms with Crippen molar-refractivity contribution in [1.82, 2.24) is 10.2 Å². The van der Waals surface area contributed by atoms with Gasteiger partial charge in [-0.3, -0.25) is 4.79 Å². The molecule has 136 valence electrons. The highest BCUT2D eigenvalue weighted by Gasteiger charge is 2.24. The monoisotopic (exact) mass is 356 g/mol. The summed E-state index contributed by atoms with van der Waals surface area (Å²) in [6, 6.07) is 14.5. The zero-order valence-electron chi connectivity index (χ0n) is 14.4. The van der Waals surface area contributed by atoms with Crippen LogP contribution < -0.4 is 10.1 Å². The van der Waals surface area contributed by atoms with E-state index in [4.69, 9.17) is 4.74 Å². The van der Waals surface area contributed by atoms with E-state index in [-0.39, 0.29) is 17.8 Å². The van der Waals surface area contributed by atoms with Gasteiger partial charge in [0.25, 0.3) is 5.91 Å². The SMILES string of the molecule is O=C(NCC1CCN(C(=O)Oc2ccccc2)CC1)c1ccc(F)cc1. The second kappa shape index (κ2) is 8.47. The van der Waals surface area contributed by atoms with Crippen LogP contribution in [0.15, 0.2) is 54.6 Å². The third kappa shape index (κ3) is 4.81. The maximum absolute atomic E-state index is 12.9. The first kappa shape index (κ1) is 17.9. The van der Waals surface area contributed by atoms with E-state index in [1.165, 1.54) is 24.3 Å². The highest BCUT2D eigenvalue weighted by Crippen LogP contribution is 2.18. The molecule has 0 aliphatic carbocycles. The van der Waals surface area contributed by atoms with Crippen molar-refractivity contribution >= 4 is 12.0 Å². The summed E-state index contributed by atoms with van der Waals surface area (Å²) in [5.74, 6) is 0.263. The van der Waals surface area contributed by atoms with Gasteiger partial charge in [0.2, 0.25) is 0 Å². The number of amides is 2. The molecule has 1 heterocycles. The van der Waals surface area contributed by atoms with Gasteiger partial charge in [0.15, 0.2) is 0 Å². The lowest BCUT2D eigenvalue weighted by Gasteiger charge is -2.31. The van der Waals surface area contributed by atoms with Crippen LogP contribution in [0.4, 0.5) is 9.18 Å². The first-order chi connectivity index (χ1) is 12.6. The van der Waals surface area contributed by atoms with E-state index in [0.717, 1.165) is 12.8 Å². The molecule has 6 heteroatoms. The fraction of sp³-hybridized carbons (Fsp3) is 0.300. The Morgan fingerprint density at radius 3 is 2.35 bits per heavy atom. The molecule has 2 aromatic carbocycles. The average molecular weight is 356 g/mol. The lowest BCUT2D eigenvalue weighted by Crippen LogP contribution is -2.42. The summed E-state index contributed by atoms with van der Waals surface area (Å²) in [6.45, 7) is 1.74. The normalized spacial score (nSPS) is 14.7. The lowest BCUT2D eigenvalue weighted by molar-refractivity contribution is 0.0931. The number of carbonyl (C=O) groups is 2. The van der Waals surface area contributed by atoms with Gasteiger partial charge in [-0.25, -0.2) is 9.18 Å². The van der Waals surface area contributed by atoms with Crippen LogP contribution in [-0.2, 0) is 0 Å². The highest BCUT2D eigenvalue weighted by atomic mass is 19.1. The third-order valence-electron chi connectivity index (χ3n) is 4.48. The molecule has 5 nitrogen and oxygen atoms in total. The smallest absolute Gasteiger partial charge is 0.410 e. The predicted molar refractivity (Wildman–Crippen MR) is 95.5 cm³/mol. The molecule has 1 fully saturated rings.